The van der Waals surface area contributed by atoms with Crippen molar-refractivity contribution in [1.82, 2.24) is 15.5 Å². The lowest BCUT2D eigenvalue weighted by molar-refractivity contribution is 0.0954. The number of hydrogen-bond donors (Lipinski definition) is 2. The molecule has 30 heavy (non-hydrogen) atoms. The van der Waals surface area contributed by atoms with E-state index in [9.17, 15) is 9.18 Å². The number of amides is 1. The van der Waals surface area contributed by atoms with Gasteiger partial charge in [-0.1, -0.05) is 18.2 Å². The van der Waals surface area contributed by atoms with Gasteiger partial charge in [-0.2, -0.15) is 0 Å². The Morgan fingerprint density at radius 2 is 1.80 bits per heavy atom. The Kier molecular flexibility index (Phi) is 7.48. The highest BCUT2D eigenvalue weighted by atomic mass is 19.1. The van der Waals surface area contributed by atoms with Crippen LogP contribution in [0.2, 0.25) is 0 Å². The third-order valence-electron chi connectivity index (χ3n) is 5.01. The average Bonchev–Trinajstić information content (AvgIpc) is 2.79. The molecule has 0 radical (unpaired) electrons. The number of piperazine rings is 1. The van der Waals surface area contributed by atoms with Crippen molar-refractivity contribution in [3.63, 3.8) is 0 Å². The van der Waals surface area contributed by atoms with Crippen molar-refractivity contribution in [1.29, 1.82) is 0 Å². The minimum Gasteiger partial charge on any atom is -0.497 e. The zero-order valence-electron chi connectivity index (χ0n) is 17.4. The van der Waals surface area contributed by atoms with Gasteiger partial charge in [0.1, 0.15) is 11.6 Å². The fourth-order valence-electron chi connectivity index (χ4n) is 3.42. The molecule has 1 saturated heterocycles. The third kappa shape index (κ3) is 5.40. The van der Waals surface area contributed by atoms with E-state index in [1.165, 1.54) is 6.07 Å². The lowest BCUT2D eigenvalue weighted by Gasteiger charge is -2.37. The van der Waals surface area contributed by atoms with Gasteiger partial charge < -0.3 is 25.2 Å². The quantitative estimate of drug-likeness (QED) is 0.431. The smallest absolute Gasteiger partial charge is 0.251 e. The number of aliphatic imine (C=N–C) groups is 1. The first-order valence-electron chi connectivity index (χ1n) is 9.99. The molecule has 1 fully saturated rings. The number of anilines is 1. The second kappa shape index (κ2) is 10.5. The molecule has 0 unspecified atom stereocenters. The first-order valence-corrected chi connectivity index (χ1v) is 9.99. The Morgan fingerprint density at radius 1 is 1.07 bits per heavy atom. The summed E-state index contributed by atoms with van der Waals surface area (Å²) in [6, 6.07) is 13.9. The maximum absolute atomic E-state index is 14.0. The Bertz CT molecular complexity index is 881. The lowest BCUT2D eigenvalue weighted by atomic mass is 10.2. The number of carbonyl (C=O) groups excluding carboxylic acids is 1. The normalized spacial score (nSPS) is 14.4. The van der Waals surface area contributed by atoms with Gasteiger partial charge in [-0.05, 0) is 30.3 Å². The molecular weight excluding hydrogens is 385 g/mol. The predicted molar refractivity (Wildman–Crippen MR) is 117 cm³/mol. The van der Waals surface area contributed by atoms with Crippen LogP contribution in [0, 0.1) is 5.82 Å². The highest BCUT2D eigenvalue weighted by Gasteiger charge is 2.21. The molecule has 1 amide bonds. The molecule has 1 aliphatic rings. The molecule has 0 spiro atoms. The van der Waals surface area contributed by atoms with Crippen LogP contribution in [-0.4, -0.2) is 70.2 Å². The van der Waals surface area contributed by atoms with Gasteiger partial charge in [0.25, 0.3) is 5.91 Å². The SMILES string of the molecule is CN=C(NCCNC(=O)c1cccc(OC)c1)N1CCN(c2ccccc2F)CC1. The molecule has 0 bridgehead atoms. The van der Waals surface area contributed by atoms with Crippen LogP contribution >= 0.6 is 0 Å². The van der Waals surface area contributed by atoms with E-state index in [0.717, 1.165) is 19.0 Å². The standard InChI is InChI=1S/C22H28FN5O2/c1-24-22(26-11-10-25-21(29)17-6-5-7-18(16-17)30-2)28-14-12-27(13-15-28)20-9-4-3-8-19(20)23/h3-9,16H,10-15H2,1-2H3,(H,24,26)(H,25,29). The second-order valence-electron chi connectivity index (χ2n) is 6.89. The third-order valence-corrected chi connectivity index (χ3v) is 5.01. The summed E-state index contributed by atoms with van der Waals surface area (Å²) in [5.74, 6) is 1.08. The van der Waals surface area contributed by atoms with Gasteiger partial charge in [0, 0.05) is 51.9 Å². The summed E-state index contributed by atoms with van der Waals surface area (Å²) < 4.78 is 19.1. The number of nitrogens with zero attached hydrogens (tertiary/aromatic N) is 3. The summed E-state index contributed by atoms with van der Waals surface area (Å²) in [7, 11) is 3.31. The number of hydrogen-bond acceptors (Lipinski definition) is 4. The number of nitrogens with one attached hydrogen (secondary N) is 2. The summed E-state index contributed by atoms with van der Waals surface area (Å²) in [4.78, 5) is 20.8. The van der Waals surface area contributed by atoms with E-state index in [1.54, 1.807) is 44.5 Å². The molecule has 7 nitrogen and oxygen atoms in total. The molecule has 160 valence electrons. The molecule has 0 aliphatic carbocycles. The number of methoxy groups -OCH3 is 1. The summed E-state index contributed by atoms with van der Waals surface area (Å²) in [6.07, 6.45) is 0. The molecule has 2 N–H and O–H groups in total. The van der Waals surface area contributed by atoms with E-state index in [2.05, 4.69) is 20.5 Å². The van der Waals surface area contributed by atoms with Crippen molar-refractivity contribution >= 4 is 17.6 Å². The molecule has 1 aliphatic heterocycles. The largest absolute Gasteiger partial charge is 0.497 e. The summed E-state index contributed by atoms with van der Waals surface area (Å²) in [6.45, 7) is 3.93. The van der Waals surface area contributed by atoms with Crippen LogP contribution in [0.25, 0.3) is 0 Å². The number of guanidine groups is 1. The van der Waals surface area contributed by atoms with Crippen LogP contribution < -0.4 is 20.3 Å². The van der Waals surface area contributed by atoms with Crippen LogP contribution in [0.1, 0.15) is 10.4 Å². The highest BCUT2D eigenvalue weighted by molar-refractivity contribution is 5.94. The predicted octanol–water partition coefficient (Wildman–Crippen LogP) is 1.96. The molecule has 2 aromatic carbocycles. The maximum Gasteiger partial charge on any atom is 0.251 e. The zero-order chi connectivity index (χ0) is 21.3. The molecule has 2 aromatic rings. The Hall–Kier alpha value is -3.29. The topological polar surface area (TPSA) is 69.2 Å². The summed E-state index contributed by atoms with van der Waals surface area (Å²) >= 11 is 0. The van der Waals surface area contributed by atoms with Gasteiger partial charge >= 0.3 is 0 Å². The Labute approximate surface area is 176 Å². The summed E-state index contributed by atoms with van der Waals surface area (Å²) in [5.41, 5.74) is 1.20. The molecule has 1 heterocycles. The first-order chi connectivity index (χ1) is 14.6. The minimum absolute atomic E-state index is 0.149. The van der Waals surface area contributed by atoms with Crippen LogP contribution in [-0.2, 0) is 0 Å². The van der Waals surface area contributed by atoms with Gasteiger partial charge in [0.15, 0.2) is 5.96 Å². The van der Waals surface area contributed by atoms with E-state index >= 15 is 0 Å². The van der Waals surface area contributed by atoms with Crippen LogP contribution in [0.3, 0.4) is 0 Å². The monoisotopic (exact) mass is 413 g/mol. The van der Waals surface area contributed by atoms with Crippen molar-refractivity contribution in [2.24, 2.45) is 4.99 Å². The van der Waals surface area contributed by atoms with Crippen molar-refractivity contribution < 1.29 is 13.9 Å². The zero-order valence-corrected chi connectivity index (χ0v) is 17.4. The van der Waals surface area contributed by atoms with E-state index in [4.69, 9.17) is 4.74 Å². The van der Waals surface area contributed by atoms with Gasteiger partial charge in [0.05, 0.1) is 12.8 Å². The molecule has 8 heteroatoms. The van der Waals surface area contributed by atoms with E-state index < -0.39 is 0 Å². The van der Waals surface area contributed by atoms with E-state index in [0.29, 0.717) is 43.2 Å². The Balaban J connectivity index is 1.43. The van der Waals surface area contributed by atoms with E-state index in [1.807, 2.05) is 17.0 Å². The van der Waals surface area contributed by atoms with Gasteiger partial charge in [0.2, 0.25) is 0 Å². The highest BCUT2D eigenvalue weighted by Crippen LogP contribution is 2.20. The van der Waals surface area contributed by atoms with Crippen LogP contribution in [0.15, 0.2) is 53.5 Å². The molecule has 0 saturated carbocycles. The second-order valence-corrected chi connectivity index (χ2v) is 6.89. The first kappa shape index (κ1) is 21.4. The van der Waals surface area contributed by atoms with Gasteiger partial charge in [-0.25, -0.2) is 4.39 Å². The maximum atomic E-state index is 14.0. The minimum atomic E-state index is -0.194. The van der Waals surface area contributed by atoms with Gasteiger partial charge in [-0.15, -0.1) is 0 Å². The van der Waals surface area contributed by atoms with Crippen LogP contribution in [0.5, 0.6) is 5.75 Å². The van der Waals surface area contributed by atoms with E-state index in [-0.39, 0.29) is 11.7 Å². The molecule has 0 atom stereocenters. The average molecular weight is 413 g/mol. The molecular formula is C22H28FN5O2. The Morgan fingerprint density at radius 3 is 2.50 bits per heavy atom. The number of ether oxygens (including phenoxy) is 1. The summed E-state index contributed by atoms with van der Waals surface area (Å²) in [5, 5.41) is 6.17. The van der Waals surface area contributed by atoms with Gasteiger partial charge in [-0.3, -0.25) is 9.79 Å². The number of halogens is 1. The van der Waals surface area contributed by atoms with Crippen molar-refractivity contribution in [3.8, 4) is 5.75 Å². The van der Waals surface area contributed by atoms with Crippen LogP contribution in [0.4, 0.5) is 10.1 Å². The number of para-hydroxylation sites is 1. The van der Waals surface area contributed by atoms with Crippen molar-refractivity contribution in [3.05, 3.63) is 59.9 Å². The lowest BCUT2D eigenvalue weighted by Crippen LogP contribution is -2.53. The van der Waals surface area contributed by atoms with Crippen molar-refractivity contribution in [2.75, 3.05) is 58.3 Å². The molecule has 0 aromatic heterocycles. The fourth-order valence-corrected chi connectivity index (χ4v) is 3.42. The molecule has 3 rings (SSSR count). The number of carbonyl (C=O) groups is 1. The number of benzene rings is 2. The number of rotatable bonds is 6. The fraction of sp³-hybridized carbons (Fsp3) is 0.364. The van der Waals surface area contributed by atoms with Crippen molar-refractivity contribution in [2.45, 2.75) is 0 Å².